The van der Waals surface area contributed by atoms with E-state index in [4.69, 9.17) is 5.73 Å². The zero-order valence-corrected chi connectivity index (χ0v) is 8.98. The molecule has 5 heteroatoms. The molecule has 86 valence electrons. The van der Waals surface area contributed by atoms with Gasteiger partial charge in [-0.1, -0.05) is 30.3 Å². The largest absolute Gasteiger partial charge is 0.319 e. The van der Waals surface area contributed by atoms with Gasteiger partial charge >= 0.3 is 0 Å². The number of aromatic nitrogens is 1. The van der Waals surface area contributed by atoms with Crippen LogP contribution in [0.5, 0.6) is 0 Å². The highest BCUT2D eigenvalue weighted by molar-refractivity contribution is 5.32. The average molecular weight is 229 g/mol. The molecule has 0 amide bonds. The fraction of sp³-hybridized carbons (Fsp3) is 0.0833. The summed E-state index contributed by atoms with van der Waals surface area (Å²) in [5.74, 6) is 0. The van der Waals surface area contributed by atoms with Crippen molar-refractivity contribution in [2.75, 3.05) is 0 Å². The van der Waals surface area contributed by atoms with Crippen LogP contribution in [0.3, 0.4) is 0 Å². The van der Waals surface area contributed by atoms with Crippen molar-refractivity contribution in [3.8, 4) is 0 Å². The predicted octanol–water partition coefficient (Wildman–Crippen LogP) is 2.04. The highest BCUT2D eigenvalue weighted by Gasteiger charge is 2.12. The van der Waals surface area contributed by atoms with Crippen LogP contribution in [0.2, 0.25) is 0 Å². The van der Waals surface area contributed by atoms with E-state index >= 15 is 0 Å². The second-order valence-electron chi connectivity index (χ2n) is 3.59. The summed E-state index contributed by atoms with van der Waals surface area (Å²) in [4.78, 5) is 14.0. The summed E-state index contributed by atoms with van der Waals surface area (Å²) in [7, 11) is 0. The van der Waals surface area contributed by atoms with Gasteiger partial charge in [0, 0.05) is 6.07 Å². The number of nitrogens with zero attached hydrogens (tertiary/aromatic N) is 2. The molecule has 0 spiro atoms. The average Bonchev–Trinajstić information content (AvgIpc) is 2.39. The molecule has 0 aliphatic rings. The maximum absolute atomic E-state index is 10.5. The van der Waals surface area contributed by atoms with Crippen molar-refractivity contribution in [1.29, 1.82) is 0 Å². The summed E-state index contributed by atoms with van der Waals surface area (Å²) >= 11 is 0. The van der Waals surface area contributed by atoms with Gasteiger partial charge < -0.3 is 5.73 Å². The molecule has 1 atom stereocenters. The van der Waals surface area contributed by atoms with E-state index in [2.05, 4.69) is 4.98 Å². The van der Waals surface area contributed by atoms with Crippen LogP contribution in [0.4, 0.5) is 5.69 Å². The summed E-state index contributed by atoms with van der Waals surface area (Å²) in [5, 5.41) is 10.5. The number of benzene rings is 1. The summed E-state index contributed by atoms with van der Waals surface area (Å²) < 4.78 is 0. The molecule has 1 aromatic heterocycles. The lowest BCUT2D eigenvalue weighted by Gasteiger charge is -2.10. The number of nitrogens with two attached hydrogens (primary N) is 1. The molecule has 0 aliphatic carbocycles. The fourth-order valence-corrected chi connectivity index (χ4v) is 1.52. The highest BCUT2D eigenvalue weighted by atomic mass is 16.6. The highest BCUT2D eigenvalue weighted by Crippen LogP contribution is 2.19. The zero-order valence-electron chi connectivity index (χ0n) is 8.98. The van der Waals surface area contributed by atoms with Gasteiger partial charge in [0.15, 0.2) is 0 Å². The minimum Gasteiger partial charge on any atom is -0.319 e. The minimum absolute atomic E-state index is 0.0333. The van der Waals surface area contributed by atoms with Gasteiger partial charge in [-0.25, -0.2) is 0 Å². The van der Waals surface area contributed by atoms with Crippen LogP contribution in [0, 0.1) is 10.1 Å². The van der Waals surface area contributed by atoms with E-state index in [1.54, 1.807) is 6.07 Å². The lowest BCUT2D eigenvalue weighted by Crippen LogP contribution is -2.13. The van der Waals surface area contributed by atoms with Gasteiger partial charge in [0.05, 0.1) is 16.7 Å². The number of hydrogen-bond donors (Lipinski definition) is 1. The minimum atomic E-state index is -0.481. The number of rotatable bonds is 3. The predicted molar refractivity (Wildman–Crippen MR) is 63.4 cm³/mol. The van der Waals surface area contributed by atoms with Crippen LogP contribution >= 0.6 is 0 Å². The second-order valence-corrected chi connectivity index (χ2v) is 3.59. The molecule has 2 N–H and O–H groups in total. The molecule has 1 heterocycles. The Morgan fingerprint density at radius 1 is 1.18 bits per heavy atom. The monoisotopic (exact) mass is 229 g/mol. The molecular formula is C12H11N3O2. The first-order valence-corrected chi connectivity index (χ1v) is 5.09. The molecule has 5 nitrogen and oxygen atoms in total. The van der Waals surface area contributed by atoms with E-state index in [-0.39, 0.29) is 11.7 Å². The van der Waals surface area contributed by atoms with Crippen LogP contribution in [0.15, 0.2) is 48.7 Å². The van der Waals surface area contributed by atoms with Gasteiger partial charge in [-0.05, 0) is 11.6 Å². The Hall–Kier alpha value is -2.27. The fourth-order valence-electron chi connectivity index (χ4n) is 1.52. The van der Waals surface area contributed by atoms with E-state index in [0.29, 0.717) is 5.69 Å². The molecule has 0 fully saturated rings. The molecule has 1 unspecified atom stereocenters. The topological polar surface area (TPSA) is 82.0 Å². The van der Waals surface area contributed by atoms with Crippen LogP contribution in [0.1, 0.15) is 17.3 Å². The van der Waals surface area contributed by atoms with E-state index < -0.39 is 4.92 Å². The number of pyridine rings is 1. The lowest BCUT2D eigenvalue weighted by molar-refractivity contribution is -0.385. The third kappa shape index (κ3) is 2.46. The maximum atomic E-state index is 10.5. The van der Waals surface area contributed by atoms with Gasteiger partial charge in [-0.15, -0.1) is 0 Å². The summed E-state index contributed by atoms with van der Waals surface area (Å²) in [5.41, 5.74) is 7.51. The first-order valence-electron chi connectivity index (χ1n) is 5.09. The summed E-state index contributed by atoms with van der Waals surface area (Å²) in [6.07, 6.45) is 1.22. The SMILES string of the molecule is NC(c1ccccc1)c1ccc([N+](=O)[O-])cn1. The van der Waals surface area contributed by atoms with Crippen LogP contribution < -0.4 is 5.73 Å². The molecule has 0 saturated heterocycles. The summed E-state index contributed by atoms with van der Waals surface area (Å²) in [6.45, 7) is 0. The van der Waals surface area contributed by atoms with Crippen molar-refractivity contribution in [2.24, 2.45) is 5.73 Å². The number of hydrogen-bond acceptors (Lipinski definition) is 4. The Morgan fingerprint density at radius 3 is 2.41 bits per heavy atom. The standard InChI is InChI=1S/C12H11N3O2/c13-12(9-4-2-1-3-5-9)11-7-6-10(8-14-11)15(16)17/h1-8,12H,13H2. The molecule has 0 bridgehead atoms. The maximum Gasteiger partial charge on any atom is 0.287 e. The van der Waals surface area contributed by atoms with Crippen molar-refractivity contribution >= 4 is 5.69 Å². The van der Waals surface area contributed by atoms with Crippen LogP contribution in [-0.4, -0.2) is 9.91 Å². The lowest BCUT2D eigenvalue weighted by atomic mass is 10.0. The van der Waals surface area contributed by atoms with Crippen molar-refractivity contribution in [3.63, 3.8) is 0 Å². The van der Waals surface area contributed by atoms with Gasteiger partial charge in [-0.3, -0.25) is 15.1 Å². The Balaban J connectivity index is 2.26. The van der Waals surface area contributed by atoms with Crippen LogP contribution in [-0.2, 0) is 0 Å². The van der Waals surface area contributed by atoms with Gasteiger partial charge in [0.25, 0.3) is 5.69 Å². The molecule has 0 saturated carbocycles. The van der Waals surface area contributed by atoms with E-state index in [1.165, 1.54) is 12.3 Å². The van der Waals surface area contributed by atoms with Crippen LogP contribution in [0.25, 0.3) is 0 Å². The van der Waals surface area contributed by atoms with E-state index in [9.17, 15) is 10.1 Å². The molecule has 17 heavy (non-hydrogen) atoms. The second kappa shape index (κ2) is 4.71. The third-order valence-electron chi connectivity index (χ3n) is 2.46. The van der Waals surface area contributed by atoms with E-state index in [0.717, 1.165) is 5.56 Å². The molecule has 2 rings (SSSR count). The normalized spacial score (nSPS) is 12.1. The van der Waals surface area contributed by atoms with Crippen molar-refractivity contribution in [2.45, 2.75) is 6.04 Å². The first-order chi connectivity index (χ1) is 8.18. The third-order valence-corrected chi connectivity index (χ3v) is 2.46. The van der Waals surface area contributed by atoms with Crippen molar-refractivity contribution in [3.05, 3.63) is 70.0 Å². The molecule has 2 aromatic rings. The first kappa shape index (κ1) is 11.2. The summed E-state index contributed by atoms with van der Waals surface area (Å²) in [6, 6.07) is 12.1. The molecule has 1 aromatic carbocycles. The van der Waals surface area contributed by atoms with Crippen molar-refractivity contribution in [1.82, 2.24) is 4.98 Å². The Morgan fingerprint density at radius 2 is 1.88 bits per heavy atom. The number of nitro groups is 1. The Bertz CT molecular complexity index is 511. The molecule has 0 radical (unpaired) electrons. The molecule has 0 aliphatic heterocycles. The smallest absolute Gasteiger partial charge is 0.287 e. The quantitative estimate of drug-likeness (QED) is 0.644. The zero-order chi connectivity index (χ0) is 12.3. The van der Waals surface area contributed by atoms with Gasteiger partial charge in [0.2, 0.25) is 0 Å². The Labute approximate surface area is 98.1 Å². The van der Waals surface area contributed by atoms with Crippen molar-refractivity contribution < 1.29 is 4.92 Å². The van der Waals surface area contributed by atoms with E-state index in [1.807, 2.05) is 30.3 Å². The molecular weight excluding hydrogens is 218 g/mol. The van der Waals surface area contributed by atoms with Gasteiger partial charge in [0.1, 0.15) is 6.20 Å². The Kier molecular flexibility index (Phi) is 3.11. The van der Waals surface area contributed by atoms with Gasteiger partial charge in [-0.2, -0.15) is 0 Å².